The van der Waals surface area contributed by atoms with Gasteiger partial charge in [-0.1, -0.05) is 13.0 Å². The summed E-state index contributed by atoms with van der Waals surface area (Å²) in [4.78, 5) is 16.1. The smallest absolute Gasteiger partial charge is 0.340 e. The van der Waals surface area contributed by atoms with Gasteiger partial charge in [-0.2, -0.15) is 0 Å². The molecule has 0 aliphatic carbocycles. The van der Waals surface area contributed by atoms with Crippen LogP contribution in [0.4, 0.5) is 0 Å². The number of rotatable bonds is 3. The van der Waals surface area contributed by atoms with Crippen molar-refractivity contribution in [2.24, 2.45) is 0 Å². The Morgan fingerprint density at radius 1 is 1.47 bits per heavy atom. The maximum absolute atomic E-state index is 11.6. The summed E-state index contributed by atoms with van der Waals surface area (Å²) >= 11 is 0. The van der Waals surface area contributed by atoms with E-state index in [1.165, 1.54) is 7.11 Å². The maximum atomic E-state index is 11.6. The lowest BCUT2D eigenvalue weighted by molar-refractivity contribution is 0.0603. The van der Waals surface area contributed by atoms with Gasteiger partial charge in [-0.05, 0) is 25.5 Å². The highest BCUT2D eigenvalue weighted by atomic mass is 16.5. The molecule has 0 fully saturated rings. The Morgan fingerprint density at radius 3 is 2.88 bits per heavy atom. The molecular formula is C13H16N2O2. The van der Waals surface area contributed by atoms with Gasteiger partial charge < -0.3 is 9.30 Å². The van der Waals surface area contributed by atoms with E-state index in [9.17, 15) is 4.79 Å². The summed E-state index contributed by atoms with van der Waals surface area (Å²) in [6.07, 6.45) is 1.04. The van der Waals surface area contributed by atoms with Crippen molar-refractivity contribution in [3.63, 3.8) is 0 Å². The molecule has 2 rings (SSSR count). The minimum Gasteiger partial charge on any atom is -0.465 e. The number of aryl methyl sites for hydroxylation is 2. The zero-order chi connectivity index (χ0) is 12.4. The molecule has 1 aromatic carbocycles. The van der Waals surface area contributed by atoms with E-state index in [1.54, 1.807) is 6.07 Å². The van der Waals surface area contributed by atoms with E-state index in [4.69, 9.17) is 4.74 Å². The molecular weight excluding hydrogens is 216 g/mol. The fourth-order valence-electron chi connectivity index (χ4n) is 2.04. The van der Waals surface area contributed by atoms with Gasteiger partial charge in [0.25, 0.3) is 0 Å². The number of para-hydroxylation sites is 1. The van der Waals surface area contributed by atoms with Crippen molar-refractivity contribution < 1.29 is 9.53 Å². The average molecular weight is 232 g/mol. The second-order valence-electron chi connectivity index (χ2n) is 3.98. The van der Waals surface area contributed by atoms with Gasteiger partial charge in [0, 0.05) is 6.54 Å². The molecule has 0 radical (unpaired) electrons. The van der Waals surface area contributed by atoms with Gasteiger partial charge in [-0.3, -0.25) is 0 Å². The Kier molecular flexibility index (Phi) is 3.13. The Balaban J connectivity index is 2.66. The first-order valence-electron chi connectivity index (χ1n) is 5.73. The summed E-state index contributed by atoms with van der Waals surface area (Å²) in [5.41, 5.74) is 2.25. The first kappa shape index (κ1) is 11.6. The molecule has 0 spiro atoms. The minimum absolute atomic E-state index is 0.336. The lowest BCUT2D eigenvalue weighted by Crippen LogP contribution is -2.02. The van der Waals surface area contributed by atoms with Crippen molar-refractivity contribution >= 4 is 17.0 Å². The third kappa shape index (κ3) is 1.90. The van der Waals surface area contributed by atoms with Crippen LogP contribution in [0.3, 0.4) is 0 Å². The second kappa shape index (κ2) is 4.57. The van der Waals surface area contributed by atoms with Gasteiger partial charge >= 0.3 is 5.97 Å². The molecule has 0 amide bonds. The number of esters is 1. The van der Waals surface area contributed by atoms with E-state index in [0.29, 0.717) is 5.56 Å². The molecule has 1 aromatic heterocycles. The standard InChI is InChI=1S/C13H16N2O2/c1-4-8-15-9(2)14-12-10(13(16)17-3)6-5-7-11(12)15/h5-7H,4,8H2,1-3H3. The Bertz CT molecular complexity index is 558. The Hall–Kier alpha value is -1.84. The highest BCUT2D eigenvalue weighted by Crippen LogP contribution is 2.20. The molecule has 0 aliphatic rings. The van der Waals surface area contributed by atoms with Crippen LogP contribution >= 0.6 is 0 Å². The van der Waals surface area contributed by atoms with Crippen molar-refractivity contribution in [3.8, 4) is 0 Å². The predicted molar refractivity (Wildman–Crippen MR) is 66.1 cm³/mol. The third-order valence-electron chi connectivity index (χ3n) is 2.82. The van der Waals surface area contributed by atoms with Crippen LogP contribution < -0.4 is 0 Å². The van der Waals surface area contributed by atoms with Crippen molar-refractivity contribution in [1.82, 2.24) is 9.55 Å². The van der Waals surface area contributed by atoms with Gasteiger partial charge in [-0.25, -0.2) is 9.78 Å². The van der Waals surface area contributed by atoms with Gasteiger partial charge in [0.15, 0.2) is 0 Å². The van der Waals surface area contributed by atoms with Crippen LogP contribution in [-0.2, 0) is 11.3 Å². The number of imidazole rings is 1. The summed E-state index contributed by atoms with van der Waals surface area (Å²) in [7, 11) is 1.39. The van der Waals surface area contributed by atoms with E-state index in [0.717, 1.165) is 29.8 Å². The molecule has 0 aliphatic heterocycles. The first-order valence-corrected chi connectivity index (χ1v) is 5.73. The molecule has 0 unspecified atom stereocenters. The van der Waals surface area contributed by atoms with E-state index in [2.05, 4.69) is 16.5 Å². The summed E-state index contributed by atoms with van der Waals surface area (Å²) in [6.45, 7) is 4.99. The van der Waals surface area contributed by atoms with Gasteiger partial charge in [0.1, 0.15) is 11.3 Å². The largest absolute Gasteiger partial charge is 0.465 e. The monoisotopic (exact) mass is 232 g/mol. The molecule has 0 bridgehead atoms. The van der Waals surface area contributed by atoms with Crippen LogP contribution in [0.25, 0.3) is 11.0 Å². The fraction of sp³-hybridized carbons (Fsp3) is 0.385. The zero-order valence-corrected chi connectivity index (χ0v) is 10.4. The van der Waals surface area contributed by atoms with E-state index >= 15 is 0 Å². The van der Waals surface area contributed by atoms with Gasteiger partial charge in [0.2, 0.25) is 0 Å². The number of ether oxygens (including phenoxy) is 1. The molecule has 4 nitrogen and oxygen atoms in total. The summed E-state index contributed by atoms with van der Waals surface area (Å²) in [5, 5.41) is 0. The topological polar surface area (TPSA) is 44.1 Å². The quantitative estimate of drug-likeness (QED) is 0.764. The zero-order valence-electron chi connectivity index (χ0n) is 10.4. The fourth-order valence-corrected chi connectivity index (χ4v) is 2.04. The number of aromatic nitrogens is 2. The van der Waals surface area contributed by atoms with Crippen molar-refractivity contribution in [3.05, 3.63) is 29.6 Å². The van der Waals surface area contributed by atoms with E-state index in [1.807, 2.05) is 19.1 Å². The molecule has 0 saturated heterocycles. The Morgan fingerprint density at radius 2 is 2.24 bits per heavy atom. The number of carbonyl (C=O) groups excluding carboxylic acids is 1. The third-order valence-corrected chi connectivity index (χ3v) is 2.82. The lowest BCUT2D eigenvalue weighted by Gasteiger charge is -2.04. The van der Waals surface area contributed by atoms with Crippen LogP contribution in [-0.4, -0.2) is 22.6 Å². The Labute approximate surface area is 100 Å². The number of methoxy groups -OCH3 is 1. The van der Waals surface area contributed by atoms with Gasteiger partial charge in [-0.15, -0.1) is 0 Å². The van der Waals surface area contributed by atoms with Crippen LogP contribution in [0.1, 0.15) is 29.5 Å². The van der Waals surface area contributed by atoms with E-state index in [-0.39, 0.29) is 5.97 Å². The number of hydrogen-bond donors (Lipinski definition) is 0. The van der Waals surface area contributed by atoms with Crippen molar-refractivity contribution in [1.29, 1.82) is 0 Å². The van der Waals surface area contributed by atoms with Crippen molar-refractivity contribution in [2.75, 3.05) is 7.11 Å². The van der Waals surface area contributed by atoms with Crippen LogP contribution in [0.5, 0.6) is 0 Å². The minimum atomic E-state index is -0.336. The van der Waals surface area contributed by atoms with Crippen molar-refractivity contribution in [2.45, 2.75) is 26.8 Å². The highest BCUT2D eigenvalue weighted by molar-refractivity contribution is 6.02. The van der Waals surface area contributed by atoms with Gasteiger partial charge in [0.05, 0.1) is 18.2 Å². The molecule has 17 heavy (non-hydrogen) atoms. The van der Waals surface area contributed by atoms with Crippen LogP contribution in [0, 0.1) is 6.92 Å². The molecule has 90 valence electrons. The number of benzene rings is 1. The number of carbonyl (C=O) groups is 1. The van der Waals surface area contributed by atoms with Crippen LogP contribution in [0.2, 0.25) is 0 Å². The number of fused-ring (bicyclic) bond motifs is 1. The number of hydrogen-bond acceptors (Lipinski definition) is 3. The molecule has 2 aromatic rings. The molecule has 0 N–H and O–H groups in total. The normalized spacial score (nSPS) is 10.8. The summed E-state index contributed by atoms with van der Waals surface area (Å²) < 4.78 is 6.89. The maximum Gasteiger partial charge on any atom is 0.340 e. The number of nitrogens with zero attached hydrogens (tertiary/aromatic N) is 2. The highest BCUT2D eigenvalue weighted by Gasteiger charge is 2.15. The van der Waals surface area contributed by atoms with Crippen LogP contribution in [0.15, 0.2) is 18.2 Å². The molecule has 0 atom stereocenters. The second-order valence-corrected chi connectivity index (χ2v) is 3.98. The molecule has 1 heterocycles. The summed E-state index contributed by atoms with van der Waals surface area (Å²) in [5.74, 6) is 0.593. The summed E-state index contributed by atoms with van der Waals surface area (Å²) in [6, 6.07) is 5.59. The molecule has 0 saturated carbocycles. The molecule has 4 heteroatoms. The predicted octanol–water partition coefficient (Wildman–Crippen LogP) is 2.54. The average Bonchev–Trinajstić information content (AvgIpc) is 2.65. The SMILES string of the molecule is CCCn1c(C)nc2c(C(=O)OC)cccc21. The lowest BCUT2D eigenvalue weighted by atomic mass is 10.2. The van der Waals surface area contributed by atoms with E-state index < -0.39 is 0 Å². The first-order chi connectivity index (χ1) is 8.19.